The van der Waals surface area contributed by atoms with Gasteiger partial charge >= 0.3 is 0 Å². The smallest absolute Gasteiger partial charge is 0.241 e. The number of halogens is 4. The monoisotopic (exact) mass is 1320 g/mol. The molecule has 12 aromatic rings. The minimum atomic E-state index is -0.841. The Morgan fingerprint density at radius 3 is 1.70 bits per heavy atom. The fourth-order valence-corrected chi connectivity index (χ4v) is 10.5. The summed E-state index contributed by atoms with van der Waals surface area (Å²) in [4.78, 5) is 24.0. The number of hydrogen-bond donors (Lipinski definition) is 0. The maximum Gasteiger partial charge on any atom is 0.241 e. The molecule has 1 radical (unpaired) electrons. The first kappa shape index (κ1) is 60.6. The number of fused-ring (bicyclic) bond motifs is 5. The Labute approximate surface area is 513 Å². The van der Waals surface area contributed by atoms with E-state index in [9.17, 15) is 17.6 Å². The third-order valence-corrected chi connectivity index (χ3v) is 15.2. The van der Waals surface area contributed by atoms with E-state index in [0.29, 0.717) is 11.4 Å². The molecule has 8 nitrogen and oxygen atoms in total. The molecular formula is C73H64F4IrN7O-3. The van der Waals surface area contributed by atoms with Crippen molar-refractivity contribution < 1.29 is 46.7 Å². The predicted molar refractivity (Wildman–Crippen MR) is 330 cm³/mol. The number of pyridine rings is 2. The Bertz CT molecular complexity index is 4420. The zero-order valence-corrected chi connectivity index (χ0v) is 52.7. The van der Waals surface area contributed by atoms with Gasteiger partial charge in [0.25, 0.3) is 0 Å². The van der Waals surface area contributed by atoms with Crippen LogP contribution < -0.4 is 4.57 Å². The maximum absolute atomic E-state index is 14.9. The summed E-state index contributed by atoms with van der Waals surface area (Å²) in [7, 11) is 1.95. The minimum Gasteiger partial charge on any atom is -0.505 e. The average molecular weight is 1320 g/mol. The van der Waals surface area contributed by atoms with Gasteiger partial charge in [0.15, 0.2) is 5.82 Å². The molecule has 0 N–H and O–H groups in total. The zero-order chi connectivity index (χ0) is 60.4. The Balaban J connectivity index is 0.000000190. The van der Waals surface area contributed by atoms with Crippen molar-refractivity contribution in [2.24, 2.45) is 7.05 Å². The Kier molecular flexibility index (Phi) is 16.7. The van der Waals surface area contributed by atoms with Gasteiger partial charge < -0.3 is 23.5 Å². The van der Waals surface area contributed by atoms with Crippen molar-refractivity contribution in [3.63, 3.8) is 0 Å². The number of benzene rings is 7. The van der Waals surface area contributed by atoms with Gasteiger partial charge in [-0.2, -0.15) is 0 Å². The van der Waals surface area contributed by atoms with Crippen molar-refractivity contribution in [3.05, 3.63) is 222 Å². The van der Waals surface area contributed by atoms with Gasteiger partial charge in [-0.05, 0) is 99.2 Å². The van der Waals surface area contributed by atoms with Crippen LogP contribution in [0.25, 0.3) is 106 Å². The summed E-state index contributed by atoms with van der Waals surface area (Å²) in [5.74, 6) is -0.730. The summed E-state index contributed by atoms with van der Waals surface area (Å²) in [5, 5.41) is 4.11. The topological polar surface area (TPSA) is 86.4 Å². The predicted octanol–water partition coefficient (Wildman–Crippen LogP) is 18.2. The molecule has 0 saturated carbocycles. The first-order chi connectivity index (χ1) is 40.4. The van der Waals surface area contributed by atoms with Crippen LogP contribution in [-0.2, 0) is 38.0 Å². The second-order valence-corrected chi connectivity index (χ2v) is 24.5. The van der Waals surface area contributed by atoms with E-state index in [4.69, 9.17) is 24.4 Å². The molecule has 5 aromatic heterocycles. The van der Waals surface area contributed by atoms with Crippen LogP contribution >= 0.6 is 0 Å². The molecule has 0 unspecified atom stereocenters. The molecule has 0 amide bonds. The summed E-state index contributed by atoms with van der Waals surface area (Å²) in [5.41, 5.74) is 13.1. The van der Waals surface area contributed by atoms with Gasteiger partial charge in [-0.1, -0.05) is 182 Å². The van der Waals surface area contributed by atoms with Crippen molar-refractivity contribution in [2.75, 3.05) is 0 Å². The third kappa shape index (κ3) is 12.2. The number of nitrogens with zero attached hydrogens (tertiary/aromatic N) is 7. The maximum atomic E-state index is 14.9. The van der Waals surface area contributed by atoms with Crippen LogP contribution in [0.3, 0.4) is 0 Å². The summed E-state index contributed by atoms with van der Waals surface area (Å²) >= 11 is 0. The van der Waals surface area contributed by atoms with Crippen LogP contribution in [0.2, 0.25) is 0 Å². The summed E-state index contributed by atoms with van der Waals surface area (Å²) in [6.45, 7) is 25.4. The largest absolute Gasteiger partial charge is 0.505 e. The first-order valence-electron chi connectivity index (χ1n) is 28.4. The molecule has 0 spiro atoms. The standard InChI is InChI=1S/C38H37N6O.C35H27F4N.Ir/c1-22-16-30(39-20-23(22)2)26-18-29-28-13-10-24-17-25(34-40-35(37(3,4)5)42-36(41-34)38(6,7)8)11-12-27(24)32(28)45-33(29)31(19-26)44-15-14-43(9)21-44;1-20(2)29-14-23(22-8-6-5-7-9-22)15-30(21(3)4)35(29)24-16-33(27-12-10-25(36)18-31(27)38)40-34(17-24)28-13-11-26(37)19-32(28)39;/h10-18,20H,1-9H3;5-11,14-21H,1-4H3;/q-1;-2;. The molecule has 0 aliphatic carbocycles. The van der Waals surface area contributed by atoms with Crippen molar-refractivity contribution in [3.8, 4) is 73.1 Å². The number of imidazole rings is 1. The molecule has 5 heterocycles. The third-order valence-electron chi connectivity index (χ3n) is 15.2. The first-order valence-corrected chi connectivity index (χ1v) is 28.4. The quantitative estimate of drug-likeness (QED) is 0.0813. The molecule has 0 aliphatic rings. The van der Waals surface area contributed by atoms with Gasteiger partial charge in [0, 0.05) is 94.8 Å². The van der Waals surface area contributed by atoms with E-state index in [0.717, 1.165) is 125 Å². The molecule has 12 rings (SSSR count). The van der Waals surface area contributed by atoms with E-state index < -0.39 is 23.3 Å². The number of aromatic nitrogens is 7. The fourth-order valence-electron chi connectivity index (χ4n) is 10.5. The van der Waals surface area contributed by atoms with Crippen LogP contribution in [-0.4, -0.2) is 29.5 Å². The van der Waals surface area contributed by atoms with E-state index in [1.165, 1.54) is 5.56 Å². The Hall–Kier alpha value is -8.51. The molecule has 86 heavy (non-hydrogen) atoms. The number of hydrogen-bond acceptors (Lipinski definition) is 6. The van der Waals surface area contributed by atoms with Crippen LogP contribution in [0.5, 0.6) is 0 Å². The van der Waals surface area contributed by atoms with Crippen LogP contribution in [0.1, 0.15) is 115 Å². The van der Waals surface area contributed by atoms with Crippen LogP contribution in [0.15, 0.2) is 144 Å². The van der Waals surface area contributed by atoms with Gasteiger partial charge in [-0.25, -0.2) is 15.0 Å². The van der Waals surface area contributed by atoms with E-state index >= 15 is 0 Å². The van der Waals surface area contributed by atoms with Gasteiger partial charge in [0.1, 0.15) is 17.2 Å². The van der Waals surface area contributed by atoms with Gasteiger partial charge in [0.05, 0.1) is 12.6 Å². The summed E-state index contributed by atoms with van der Waals surface area (Å²) < 4.78 is 67.9. The van der Waals surface area contributed by atoms with E-state index in [-0.39, 0.29) is 65.3 Å². The number of rotatable bonds is 9. The minimum absolute atomic E-state index is 0. The summed E-state index contributed by atoms with van der Waals surface area (Å²) in [6, 6.07) is 45.2. The van der Waals surface area contributed by atoms with Crippen molar-refractivity contribution >= 4 is 32.7 Å². The number of aryl methyl sites for hydroxylation is 3. The molecule has 13 heteroatoms. The van der Waals surface area contributed by atoms with Gasteiger partial charge in [-0.3, -0.25) is 17.6 Å². The summed E-state index contributed by atoms with van der Waals surface area (Å²) in [6.07, 6.45) is 9.17. The van der Waals surface area contributed by atoms with Crippen LogP contribution in [0, 0.1) is 61.6 Å². The molecule has 0 fully saturated rings. The number of furan rings is 1. The van der Waals surface area contributed by atoms with Gasteiger partial charge in [0.2, 0.25) is 6.33 Å². The fraction of sp³-hybridized carbons (Fsp3) is 0.233. The normalized spacial score (nSPS) is 11.9. The average Bonchev–Trinajstić information content (AvgIpc) is 1.57. The van der Waals surface area contributed by atoms with E-state index in [1.54, 1.807) is 12.1 Å². The Morgan fingerprint density at radius 2 is 1.16 bits per heavy atom. The van der Waals surface area contributed by atoms with E-state index in [1.807, 2.05) is 53.0 Å². The van der Waals surface area contributed by atoms with Gasteiger partial charge in [-0.15, -0.1) is 42.0 Å². The van der Waals surface area contributed by atoms with Crippen molar-refractivity contribution in [1.29, 1.82) is 0 Å². The zero-order valence-electron chi connectivity index (χ0n) is 50.3. The van der Waals surface area contributed by atoms with Crippen molar-refractivity contribution in [2.45, 2.75) is 106 Å². The molecule has 0 atom stereocenters. The van der Waals surface area contributed by atoms with E-state index in [2.05, 4.69) is 179 Å². The second-order valence-electron chi connectivity index (χ2n) is 24.5. The second kappa shape index (κ2) is 23.7. The molecule has 0 aliphatic heterocycles. The van der Waals surface area contributed by atoms with Crippen molar-refractivity contribution in [1.82, 2.24) is 29.5 Å². The Morgan fingerprint density at radius 1 is 0.570 bits per heavy atom. The molecule has 0 saturated heterocycles. The molecule has 7 aromatic carbocycles. The molecular weight excluding hydrogens is 1260 g/mol. The molecule has 437 valence electrons. The SMILES string of the molecule is CC(C)c1cc(-c2ccccc2)cc(C(C)C)c1-c1cc(-c2[c-]cc(F)cc2F)nc(-c2[c-]cc(F)cc2F)c1.Cc1cnc(-c2[c-]c(-n3[c-][n+](C)cc3)c3oc4c5ccc(-c6nc(C(C)(C)C)nc(C(C)(C)C)n6)cc5ccc4c3c2)cc1C.[Ir]. The van der Waals surface area contributed by atoms with Crippen LogP contribution in [0.4, 0.5) is 17.6 Å². The molecule has 0 bridgehead atoms.